The number of carbonyl (C=O) groups excluding carboxylic acids is 1. The molecular weight excluding hydrogens is 336 g/mol. The molecule has 2 aromatic rings. The van der Waals surface area contributed by atoms with Crippen molar-refractivity contribution in [3.63, 3.8) is 0 Å². The first-order chi connectivity index (χ1) is 11.0. The Bertz CT molecular complexity index is 741. The van der Waals surface area contributed by atoms with Gasteiger partial charge in [-0.15, -0.1) is 5.10 Å². The van der Waals surface area contributed by atoms with E-state index in [1.165, 1.54) is 11.8 Å². The number of aromatic amines is 1. The molecule has 6 nitrogen and oxygen atoms in total. The lowest BCUT2D eigenvalue weighted by Gasteiger charge is -2.08. The van der Waals surface area contributed by atoms with Gasteiger partial charge in [-0.25, -0.2) is 9.89 Å². The van der Waals surface area contributed by atoms with Crippen LogP contribution in [0.4, 0.5) is 5.69 Å². The van der Waals surface area contributed by atoms with Crippen molar-refractivity contribution in [3.05, 3.63) is 39.3 Å². The SMILES string of the molecule is CCCCn1c(SCC(=O)Nc2ccc(C)cc2Cl)n[nH]c1=O. The van der Waals surface area contributed by atoms with Gasteiger partial charge in [-0.05, 0) is 31.0 Å². The summed E-state index contributed by atoms with van der Waals surface area (Å²) in [6, 6.07) is 5.44. The molecule has 0 fully saturated rings. The van der Waals surface area contributed by atoms with Crippen molar-refractivity contribution in [3.8, 4) is 0 Å². The number of hydrogen-bond donors (Lipinski definition) is 2. The molecule has 0 atom stereocenters. The van der Waals surface area contributed by atoms with Crippen molar-refractivity contribution in [2.24, 2.45) is 0 Å². The van der Waals surface area contributed by atoms with Gasteiger partial charge in [0, 0.05) is 6.54 Å². The standard InChI is InChI=1S/C15H19ClN4O2S/c1-3-4-7-20-14(22)18-19-15(20)23-9-13(21)17-12-6-5-10(2)8-11(12)16/h5-6,8H,3-4,7,9H2,1-2H3,(H,17,21)(H,18,22). The van der Waals surface area contributed by atoms with Gasteiger partial charge in [0.05, 0.1) is 16.5 Å². The summed E-state index contributed by atoms with van der Waals surface area (Å²) in [4.78, 5) is 23.7. The maximum atomic E-state index is 12.0. The fraction of sp³-hybridized carbons (Fsp3) is 0.400. The Balaban J connectivity index is 1.95. The van der Waals surface area contributed by atoms with E-state index in [2.05, 4.69) is 22.4 Å². The van der Waals surface area contributed by atoms with Crippen LogP contribution in [-0.4, -0.2) is 26.4 Å². The summed E-state index contributed by atoms with van der Waals surface area (Å²) in [6.45, 7) is 4.58. The smallest absolute Gasteiger partial charge is 0.324 e. The first kappa shape index (κ1) is 17.6. The lowest BCUT2D eigenvalue weighted by atomic mass is 10.2. The highest BCUT2D eigenvalue weighted by Gasteiger charge is 2.12. The van der Waals surface area contributed by atoms with Crippen molar-refractivity contribution >= 4 is 35.0 Å². The molecular formula is C15H19ClN4O2S. The zero-order chi connectivity index (χ0) is 16.8. The zero-order valence-electron chi connectivity index (χ0n) is 13.1. The van der Waals surface area contributed by atoms with E-state index in [1.807, 2.05) is 13.0 Å². The van der Waals surface area contributed by atoms with Crippen molar-refractivity contribution in [2.75, 3.05) is 11.1 Å². The number of anilines is 1. The lowest BCUT2D eigenvalue weighted by molar-refractivity contribution is -0.113. The van der Waals surface area contributed by atoms with Gasteiger partial charge in [0.15, 0.2) is 5.16 Å². The monoisotopic (exact) mass is 354 g/mol. The van der Waals surface area contributed by atoms with Crippen molar-refractivity contribution in [1.82, 2.24) is 14.8 Å². The molecule has 0 spiro atoms. The second kappa shape index (κ2) is 8.21. The Hall–Kier alpha value is -1.73. The van der Waals surface area contributed by atoms with Gasteiger partial charge in [0.1, 0.15) is 0 Å². The number of nitrogens with zero attached hydrogens (tertiary/aromatic N) is 2. The number of amides is 1. The Morgan fingerprint density at radius 2 is 2.26 bits per heavy atom. The molecule has 0 saturated carbocycles. The van der Waals surface area contributed by atoms with Crippen molar-refractivity contribution in [1.29, 1.82) is 0 Å². The maximum absolute atomic E-state index is 12.0. The normalized spacial score (nSPS) is 10.7. The van der Waals surface area contributed by atoms with E-state index in [-0.39, 0.29) is 17.3 Å². The molecule has 0 saturated heterocycles. The predicted octanol–water partition coefficient (Wildman–Crippen LogP) is 3.06. The van der Waals surface area contributed by atoms with E-state index in [4.69, 9.17) is 11.6 Å². The minimum absolute atomic E-state index is 0.153. The average molecular weight is 355 g/mol. The van der Waals surface area contributed by atoms with E-state index in [9.17, 15) is 9.59 Å². The molecule has 0 aliphatic carbocycles. The number of halogens is 1. The molecule has 1 aromatic heterocycles. The highest BCUT2D eigenvalue weighted by Crippen LogP contribution is 2.23. The highest BCUT2D eigenvalue weighted by molar-refractivity contribution is 7.99. The highest BCUT2D eigenvalue weighted by atomic mass is 35.5. The number of carbonyl (C=O) groups is 1. The van der Waals surface area contributed by atoms with Crippen LogP contribution in [0, 0.1) is 6.92 Å². The molecule has 0 aliphatic rings. The van der Waals surface area contributed by atoms with Crippen molar-refractivity contribution < 1.29 is 4.79 Å². The van der Waals surface area contributed by atoms with E-state index in [1.54, 1.807) is 16.7 Å². The molecule has 8 heteroatoms. The molecule has 124 valence electrons. The summed E-state index contributed by atoms with van der Waals surface area (Å²) in [7, 11) is 0. The Morgan fingerprint density at radius 1 is 1.48 bits per heavy atom. The van der Waals surface area contributed by atoms with Gasteiger partial charge in [-0.1, -0.05) is 42.8 Å². The summed E-state index contributed by atoms with van der Waals surface area (Å²) in [6.07, 6.45) is 1.87. The van der Waals surface area contributed by atoms with Gasteiger partial charge < -0.3 is 5.32 Å². The van der Waals surface area contributed by atoms with Crippen LogP contribution in [-0.2, 0) is 11.3 Å². The van der Waals surface area contributed by atoms with Gasteiger partial charge in [0.25, 0.3) is 0 Å². The summed E-state index contributed by atoms with van der Waals surface area (Å²) in [5, 5.41) is 10.2. The first-order valence-electron chi connectivity index (χ1n) is 7.35. The molecule has 2 rings (SSSR count). The molecule has 0 radical (unpaired) electrons. The van der Waals surface area contributed by atoms with Crippen LogP contribution >= 0.6 is 23.4 Å². The molecule has 1 amide bonds. The number of nitrogens with one attached hydrogen (secondary N) is 2. The fourth-order valence-corrected chi connectivity index (χ4v) is 3.02. The van der Waals surface area contributed by atoms with Gasteiger partial charge >= 0.3 is 5.69 Å². The zero-order valence-corrected chi connectivity index (χ0v) is 14.6. The summed E-state index contributed by atoms with van der Waals surface area (Å²) >= 11 is 7.31. The first-order valence-corrected chi connectivity index (χ1v) is 8.71. The van der Waals surface area contributed by atoms with Gasteiger partial charge in [0.2, 0.25) is 5.91 Å². The van der Waals surface area contributed by atoms with Crippen LogP contribution in [0.25, 0.3) is 0 Å². The minimum Gasteiger partial charge on any atom is -0.324 e. The quantitative estimate of drug-likeness (QED) is 0.749. The van der Waals surface area contributed by atoms with E-state index >= 15 is 0 Å². The Morgan fingerprint density at radius 3 is 2.96 bits per heavy atom. The largest absolute Gasteiger partial charge is 0.343 e. The number of aromatic nitrogens is 3. The third kappa shape index (κ3) is 4.87. The van der Waals surface area contributed by atoms with Crippen LogP contribution in [0.5, 0.6) is 0 Å². The van der Waals surface area contributed by atoms with Crippen LogP contribution < -0.4 is 11.0 Å². The number of aryl methyl sites for hydroxylation is 1. The van der Waals surface area contributed by atoms with Crippen LogP contribution in [0.3, 0.4) is 0 Å². The topological polar surface area (TPSA) is 79.8 Å². The van der Waals surface area contributed by atoms with Crippen LogP contribution in [0.15, 0.2) is 28.2 Å². The summed E-state index contributed by atoms with van der Waals surface area (Å²) in [5.41, 5.74) is 1.36. The number of unbranched alkanes of at least 4 members (excludes halogenated alkanes) is 1. The van der Waals surface area contributed by atoms with E-state index in [0.717, 1.165) is 18.4 Å². The van der Waals surface area contributed by atoms with Crippen LogP contribution in [0.2, 0.25) is 5.02 Å². The number of H-pyrrole nitrogens is 1. The second-order valence-corrected chi connectivity index (χ2v) is 6.49. The third-order valence-corrected chi connectivity index (χ3v) is 4.48. The van der Waals surface area contributed by atoms with Gasteiger partial charge in [-0.2, -0.15) is 0 Å². The van der Waals surface area contributed by atoms with Crippen molar-refractivity contribution in [2.45, 2.75) is 38.4 Å². The second-order valence-electron chi connectivity index (χ2n) is 5.14. The molecule has 1 aromatic carbocycles. The van der Waals surface area contributed by atoms with Gasteiger partial charge in [-0.3, -0.25) is 9.36 Å². The molecule has 0 unspecified atom stereocenters. The number of thioether (sulfide) groups is 1. The van der Waals surface area contributed by atoms with E-state index < -0.39 is 0 Å². The van der Waals surface area contributed by atoms with E-state index in [0.29, 0.717) is 22.4 Å². The Labute approximate surface area is 143 Å². The maximum Gasteiger partial charge on any atom is 0.343 e. The molecule has 2 N–H and O–H groups in total. The molecule has 0 aliphatic heterocycles. The number of benzene rings is 1. The van der Waals surface area contributed by atoms with Crippen LogP contribution in [0.1, 0.15) is 25.3 Å². The predicted molar refractivity (Wildman–Crippen MR) is 93.3 cm³/mol. The lowest BCUT2D eigenvalue weighted by Crippen LogP contribution is -2.19. The molecule has 1 heterocycles. The summed E-state index contributed by atoms with van der Waals surface area (Å²) < 4.78 is 1.56. The summed E-state index contributed by atoms with van der Waals surface area (Å²) in [5.74, 6) is -0.0427. The fourth-order valence-electron chi connectivity index (χ4n) is 1.96. The molecule has 23 heavy (non-hydrogen) atoms. The number of rotatable bonds is 7. The third-order valence-electron chi connectivity index (χ3n) is 3.19. The minimum atomic E-state index is -0.247. The average Bonchev–Trinajstić information content (AvgIpc) is 2.86. The number of hydrogen-bond acceptors (Lipinski definition) is 4. The molecule has 0 bridgehead atoms. The Kier molecular flexibility index (Phi) is 6.29.